The molecule has 1 aromatic heterocycles. The van der Waals surface area contributed by atoms with Crippen molar-refractivity contribution < 1.29 is 14.0 Å². The van der Waals surface area contributed by atoms with Crippen molar-refractivity contribution in [3.63, 3.8) is 0 Å². The summed E-state index contributed by atoms with van der Waals surface area (Å²) in [5.41, 5.74) is 1.44. The molecule has 0 unspecified atom stereocenters. The normalized spacial score (nSPS) is 15.6. The molecule has 1 aromatic carbocycles. The average molecular weight is 358 g/mol. The Labute approximate surface area is 152 Å². The lowest BCUT2D eigenvalue weighted by Gasteiger charge is -2.35. The largest absolute Gasteiger partial charge is 0.357 e. The van der Waals surface area contributed by atoms with Gasteiger partial charge in [-0.1, -0.05) is 19.1 Å². The number of urea groups is 1. The van der Waals surface area contributed by atoms with Crippen molar-refractivity contribution >= 4 is 11.9 Å². The number of hydrogen-bond acceptors (Lipinski definition) is 2. The van der Waals surface area contributed by atoms with Gasteiger partial charge in [-0.25, -0.2) is 9.18 Å². The van der Waals surface area contributed by atoms with E-state index in [1.165, 1.54) is 12.1 Å². The fourth-order valence-corrected chi connectivity index (χ4v) is 3.10. The van der Waals surface area contributed by atoms with Gasteiger partial charge in [0.2, 0.25) is 0 Å². The first kappa shape index (κ1) is 18.0. The minimum atomic E-state index is -0.294. The molecule has 1 atom stereocenters. The summed E-state index contributed by atoms with van der Waals surface area (Å²) in [6.45, 7) is 3.94. The molecule has 1 aliphatic rings. The van der Waals surface area contributed by atoms with Crippen LogP contribution in [0.1, 0.15) is 35.4 Å². The number of nitrogens with one attached hydrogen (secondary N) is 2. The molecule has 1 fully saturated rings. The third kappa shape index (κ3) is 4.04. The zero-order valence-corrected chi connectivity index (χ0v) is 14.7. The van der Waals surface area contributed by atoms with Crippen LogP contribution < -0.4 is 5.32 Å². The van der Waals surface area contributed by atoms with Gasteiger partial charge in [-0.15, -0.1) is 0 Å². The van der Waals surface area contributed by atoms with Crippen LogP contribution in [0.15, 0.2) is 42.6 Å². The smallest absolute Gasteiger partial charge is 0.318 e. The number of rotatable bonds is 4. The van der Waals surface area contributed by atoms with Crippen LogP contribution in [-0.2, 0) is 0 Å². The summed E-state index contributed by atoms with van der Waals surface area (Å²) in [5.74, 6) is -0.342. The number of piperazine rings is 1. The molecule has 2 aromatic rings. The Kier molecular flexibility index (Phi) is 5.55. The second kappa shape index (κ2) is 8.03. The van der Waals surface area contributed by atoms with Crippen LogP contribution in [0.5, 0.6) is 0 Å². The zero-order chi connectivity index (χ0) is 18.5. The molecule has 1 saturated heterocycles. The van der Waals surface area contributed by atoms with Crippen LogP contribution in [0.2, 0.25) is 0 Å². The molecule has 0 radical (unpaired) electrons. The van der Waals surface area contributed by atoms with Crippen molar-refractivity contribution in [3.8, 4) is 0 Å². The standard InChI is InChI=1S/C19H23FN4O2/c1-2-16(14-5-7-15(20)8-6-14)22-19(26)24-12-10-23(11-13-24)18(25)17-4-3-9-21-17/h3-9,16,21H,2,10-13H2,1H3,(H,22,26)/t16-/m0/s1. The van der Waals surface area contributed by atoms with Gasteiger partial charge in [0.05, 0.1) is 6.04 Å². The van der Waals surface area contributed by atoms with E-state index in [0.717, 1.165) is 5.56 Å². The first-order valence-corrected chi connectivity index (χ1v) is 8.82. The van der Waals surface area contributed by atoms with Crippen LogP contribution in [0.25, 0.3) is 0 Å². The minimum Gasteiger partial charge on any atom is -0.357 e. The van der Waals surface area contributed by atoms with Crippen LogP contribution in [-0.4, -0.2) is 52.9 Å². The molecule has 3 rings (SSSR count). The van der Waals surface area contributed by atoms with E-state index in [9.17, 15) is 14.0 Å². The summed E-state index contributed by atoms with van der Waals surface area (Å²) in [6, 6.07) is 9.39. The fraction of sp³-hybridized carbons (Fsp3) is 0.368. The summed E-state index contributed by atoms with van der Waals surface area (Å²) < 4.78 is 13.1. The van der Waals surface area contributed by atoms with E-state index in [1.807, 2.05) is 6.92 Å². The minimum absolute atomic E-state index is 0.0483. The zero-order valence-electron chi connectivity index (χ0n) is 14.7. The molecule has 2 heterocycles. The maximum atomic E-state index is 13.1. The summed E-state index contributed by atoms with van der Waals surface area (Å²) in [5, 5.41) is 3.00. The number of hydrogen-bond donors (Lipinski definition) is 2. The lowest BCUT2D eigenvalue weighted by Crippen LogP contribution is -2.53. The van der Waals surface area contributed by atoms with Gasteiger partial charge < -0.3 is 20.1 Å². The van der Waals surface area contributed by atoms with Gasteiger partial charge >= 0.3 is 6.03 Å². The number of benzene rings is 1. The van der Waals surface area contributed by atoms with Gasteiger partial charge in [0.1, 0.15) is 11.5 Å². The number of H-pyrrole nitrogens is 1. The lowest BCUT2D eigenvalue weighted by molar-refractivity contribution is 0.0658. The average Bonchev–Trinajstić information content (AvgIpc) is 3.21. The number of halogens is 1. The Balaban J connectivity index is 1.54. The van der Waals surface area contributed by atoms with E-state index >= 15 is 0 Å². The Bertz CT molecular complexity index is 737. The topological polar surface area (TPSA) is 68.4 Å². The van der Waals surface area contributed by atoms with E-state index in [2.05, 4.69) is 10.3 Å². The number of aromatic amines is 1. The predicted molar refractivity (Wildman–Crippen MR) is 96.2 cm³/mol. The van der Waals surface area contributed by atoms with Gasteiger partial charge in [0.25, 0.3) is 5.91 Å². The molecule has 6 nitrogen and oxygen atoms in total. The summed E-state index contributed by atoms with van der Waals surface area (Å²) in [4.78, 5) is 31.2. The third-order valence-corrected chi connectivity index (χ3v) is 4.66. The number of amides is 3. The summed E-state index contributed by atoms with van der Waals surface area (Å²) >= 11 is 0. The first-order chi connectivity index (χ1) is 12.6. The second-order valence-electron chi connectivity index (χ2n) is 6.32. The Morgan fingerprint density at radius 3 is 2.35 bits per heavy atom. The quantitative estimate of drug-likeness (QED) is 0.882. The number of nitrogens with zero attached hydrogens (tertiary/aromatic N) is 2. The molecule has 2 N–H and O–H groups in total. The van der Waals surface area contributed by atoms with Gasteiger partial charge in [0, 0.05) is 32.4 Å². The first-order valence-electron chi connectivity index (χ1n) is 8.82. The van der Waals surface area contributed by atoms with E-state index in [-0.39, 0.29) is 23.8 Å². The van der Waals surface area contributed by atoms with E-state index in [4.69, 9.17) is 0 Å². The van der Waals surface area contributed by atoms with Crippen molar-refractivity contribution in [2.75, 3.05) is 26.2 Å². The molecule has 0 spiro atoms. The number of aromatic nitrogens is 1. The third-order valence-electron chi connectivity index (χ3n) is 4.66. The van der Waals surface area contributed by atoms with E-state index < -0.39 is 0 Å². The van der Waals surface area contributed by atoms with Crippen LogP contribution >= 0.6 is 0 Å². The summed E-state index contributed by atoms with van der Waals surface area (Å²) in [7, 11) is 0. The monoisotopic (exact) mass is 358 g/mol. The molecular formula is C19H23FN4O2. The molecular weight excluding hydrogens is 335 g/mol. The van der Waals surface area contributed by atoms with Crippen LogP contribution in [0.4, 0.5) is 9.18 Å². The van der Waals surface area contributed by atoms with Gasteiger partial charge in [0.15, 0.2) is 0 Å². The molecule has 0 saturated carbocycles. The highest BCUT2D eigenvalue weighted by molar-refractivity contribution is 5.92. The molecule has 0 aliphatic carbocycles. The summed E-state index contributed by atoms with van der Waals surface area (Å²) in [6.07, 6.45) is 2.43. The highest BCUT2D eigenvalue weighted by Crippen LogP contribution is 2.18. The van der Waals surface area contributed by atoms with Gasteiger partial charge in [-0.3, -0.25) is 4.79 Å². The SMILES string of the molecule is CC[C@H](NC(=O)N1CCN(C(=O)c2ccc[nH]2)CC1)c1ccc(F)cc1. The number of carbonyl (C=O) groups excluding carboxylic acids is 2. The predicted octanol–water partition coefficient (Wildman–Crippen LogP) is 2.77. The molecule has 0 bridgehead atoms. The molecule has 1 aliphatic heterocycles. The van der Waals surface area contributed by atoms with Crippen molar-refractivity contribution in [2.24, 2.45) is 0 Å². The van der Waals surface area contributed by atoms with Gasteiger partial charge in [-0.2, -0.15) is 0 Å². The lowest BCUT2D eigenvalue weighted by atomic mass is 10.0. The van der Waals surface area contributed by atoms with Crippen molar-refractivity contribution in [1.29, 1.82) is 0 Å². The van der Waals surface area contributed by atoms with E-state index in [0.29, 0.717) is 38.3 Å². The fourth-order valence-electron chi connectivity index (χ4n) is 3.10. The Morgan fingerprint density at radius 1 is 1.12 bits per heavy atom. The molecule has 7 heteroatoms. The van der Waals surface area contributed by atoms with Gasteiger partial charge in [-0.05, 0) is 36.2 Å². The van der Waals surface area contributed by atoms with Crippen molar-refractivity contribution in [1.82, 2.24) is 20.1 Å². The maximum absolute atomic E-state index is 13.1. The Hall–Kier alpha value is -2.83. The molecule has 138 valence electrons. The maximum Gasteiger partial charge on any atom is 0.318 e. The molecule has 3 amide bonds. The number of carbonyl (C=O) groups is 2. The highest BCUT2D eigenvalue weighted by Gasteiger charge is 2.26. The van der Waals surface area contributed by atoms with Crippen molar-refractivity contribution in [3.05, 3.63) is 59.7 Å². The van der Waals surface area contributed by atoms with Crippen LogP contribution in [0.3, 0.4) is 0 Å². The van der Waals surface area contributed by atoms with E-state index in [1.54, 1.807) is 40.3 Å². The second-order valence-corrected chi connectivity index (χ2v) is 6.32. The van der Waals surface area contributed by atoms with Crippen LogP contribution in [0, 0.1) is 5.82 Å². The Morgan fingerprint density at radius 2 is 1.77 bits per heavy atom. The van der Waals surface area contributed by atoms with Crippen molar-refractivity contribution in [2.45, 2.75) is 19.4 Å². The molecule has 26 heavy (non-hydrogen) atoms. The highest BCUT2D eigenvalue weighted by atomic mass is 19.1.